The first-order chi connectivity index (χ1) is 13.7. The first kappa shape index (κ1) is 21.5. The van der Waals surface area contributed by atoms with Crippen LogP contribution in [0.2, 0.25) is 10.0 Å². The zero-order valence-corrected chi connectivity index (χ0v) is 18.0. The molecule has 2 aromatic rings. The lowest BCUT2D eigenvalue weighted by molar-refractivity contribution is -0.116. The molecule has 29 heavy (non-hydrogen) atoms. The molecular formula is C19H20Cl2N2O5S. The van der Waals surface area contributed by atoms with Gasteiger partial charge in [0.1, 0.15) is 13.2 Å². The van der Waals surface area contributed by atoms with Gasteiger partial charge in [0.2, 0.25) is 15.9 Å². The van der Waals surface area contributed by atoms with Crippen LogP contribution in [0.25, 0.3) is 0 Å². The lowest BCUT2D eigenvalue weighted by atomic mass is 10.2. The van der Waals surface area contributed by atoms with E-state index >= 15 is 0 Å². The molecule has 1 N–H and O–H groups in total. The number of hydrogen-bond acceptors (Lipinski definition) is 5. The highest BCUT2D eigenvalue weighted by atomic mass is 35.5. The van der Waals surface area contributed by atoms with Crippen molar-refractivity contribution in [2.24, 2.45) is 0 Å². The first-order valence-electron chi connectivity index (χ1n) is 8.86. The molecule has 1 heterocycles. The number of amides is 1. The standard InChI is InChI=1S/C19H20Cl2N2O5S/c1-29(25,26)23(14-5-7-17-18(12-14)28-10-9-27-17)8-2-3-19(24)22-13-4-6-15(20)16(21)11-13/h4-7,11-12H,2-3,8-10H2,1H3,(H,22,24). The van der Waals surface area contributed by atoms with Crippen molar-refractivity contribution < 1.29 is 22.7 Å². The molecule has 0 aliphatic carbocycles. The molecule has 0 radical (unpaired) electrons. The number of carbonyl (C=O) groups is 1. The summed E-state index contributed by atoms with van der Waals surface area (Å²) in [5, 5.41) is 3.45. The van der Waals surface area contributed by atoms with Crippen molar-refractivity contribution >= 4 is 50.5 Å². The summed E-state index contributed by atoms with van der Waals surface area (Å²) in [6, 6.07) is 9.76. The number of ether oxygens (including phenoxy) is 2. The number of anilines is 2. The second-order valence-electron chi connectivity index (χ2n) is 6.44. The third-order valence-electron chi connectivity index (χ3n) is 4.18. The maximum absolute atomic E-state index is 12.3. The van der Waals surface area contributed by atoms with Crippen molar-refractivity contribution in [1.82, 2.24) is 0 Å². The van der Waals surface area contributed by atoms with E-state index in [2.05, 4.69) is 5.32 Å². The van der Waals surface area contributed by atoms with Crippen LogP contribution in [0.5, 0.6) is 11.5 Å². The van der Waals surface area contributed by atoms with Gasteiger partial charge in [-0.3, -0.25) is 9.10 Å². The van der Waals surface area contributed by atoms with Gasteiger partial charge in [0.15, 0.2) is 11.5 Å². The fourth-order valence-electron chi connectivity index (χ4n) is 2.85. The van der Waals surface area contributed by atoms with E-state index in [-0.39, 0.29) is 18.9 Å². The number of hydrogen-bond donors (Lipinski definition) is 1. The molecule has 2 aromatic carbocycles. The minimum atomic E-state index is -3.54. The number of halogens is 2. The average molecular weight is 459 g/mol. The Bertz CT molecular complexity index is 1010. The zero-order chi connectivity index (χ0) is 21.0. The maximum atomic E-state index is 12.3. The van der Waals surface area contributed by atoms with Crippen molar-refractivity contribution in [3.63, 3.8) is 0 Å². The Morgan fingerprint density at radius 3 is 2.48 bits per heavy atom. The summed E-state index contributed by atoms with van der Waals surface area (Å²) < 4.78 is 36.8. The molecule has 0 unspecified atom stereocenters. The molecule has 1 aliphatic rings. The monoisotopic (exact) mass is 458 g/mol. The minimum absolute atomic E-state index is 0.136. The van der Waals surface area contributed by atoms with Crippen LogP contribution >= 0.6 is 23.2 Å². The third kappa shape index (κ3) is 5.68. The van der Waals surface area contributed by atoms with Gasteiger partial charge in [0, 0.05) is 24.7 Å². The van der Waals surface area contributed by atoms with Gasteiger partial charge < -0.3 is 14.8 Å². The first-order valence-corrected chi connectivity index (χ1v) is 11.5. The molecule has 7 nitrogen and oxygen atoms in total. The molecule has 0 saturated heterocycles. The lowest BCUT2D eigenvalue weighted by Crippen LogP contribution is -2.31. The quantitative estimate of drug-likeness (QED) is 0.678. The van der Waals surface area contributed by atoms with Crippen LogP contribution in [0, 0.1) is 0 Å². The predicted molar refractivity (Wildman–Crippen MR) is 114 cm³/mol. The lowest BCUT2D eigenvalue weighted by Gasteiger charge is -2.25. The summed E-state index contributed by atoms with van der Waals surface area (Å²) in [5.41, 5.74) is 0.984. The highest BCUT2D eigenvalue weighted by Gasteiger charge is 2.21. The van der Waals surface area contributed by atoms with E-state index in [4.69, 9.17) is 32.7 Å². The van der Waals surface area contributed by atoms with Crippen LogP contribution in [0.15, 0.2) is 36.4 Å². The molecule has 1 amide bonds. The van der Waals surface area contributed by atoms with Crippen molar-refractivity contribution in [1.29, 1.82) is 0 Å². The molecule has 0 atom stereocenters. The SMILES string of the molecule is CS(=O)(=O)N(CCCC(=O)Nc1ccc(Cl)c(Cl)c1)c1ccc2c(c1)OCCO2. The van der Waals surface area contributed by atoms with Gasteiger partial charge in [-0.1, -0.05) is 23.2 Å². The third-order valence-corrected chi connectivity index (χ3v) is 6.12. The van der Waals surface area contributed by atoms with Gasteiger partial charge in [-0.15, -0.1) is 0 Å². The summed E-state index contributed by atoms with van der Waals surface area (Å²) >= 11 is 11.8. The molecule has 0 aromatic heterocycles. The molecule has 0 bridgehead atoms. The van der Waals surface area contributed by atoms with Crippen LogP contribution in [0.3, 0.4) is 0 Å². The second kappa shape index (κ2) is 9.11. The fraction of sp³-hybridized carbons (Fsp3) is 0.316. The van der Waals surface area contributed by atoms with E-state index in [1.165, 1.54) is 4.31 Å². The fourth-order valence-corrected chi connectivity index (χ4v) is 4.11. The van der Waals surface area contributed by atoms with Gasteiger partial charge in [0.05, 0.1) is 22.0 Å². The van der Waals surface area contributed by atoms with Gasteiger partial charge in [-0.25, -0.2) is 8.42 Å². The number of sulfonamides is 1. The average Bonchev–Trinajstić information content (AvgIpc) is 2.67. The topological polar surface area (TPSA) is 84.9 Å². The summed E-state index contributed by atoms with van der Waals surface area (Å²) in [6.07, 6.45) is 1.59. The number of benzene rings is 2. The molecule has 10 heteroatoms. The zero-order valence-electron chi connectivity index (χ0n) is 15.7. The smallest absolute Gasteiger partial charge is 0.232 e. The number of nitrogens with one attached hydrogen (secondary N) is 1. The molecular weight excluding hydrogens is 439 g/mol. The van der Waals surface area contributed by atoms with Gasteiger partial charge in [-0.05, 0) is 36.8 Å². The van der Waals surface area contributed by atoms with E-state index in [0.717, 1.165) is 6.26 Å². The van der Waals surface area contributed by atoms with E-state index in [9.17, 15) is 13.2 Å². The molecule has 0 saturated carbocycles. The minimum Gasteiger partial charge on any atom is -0.486 e. The Morgan fingerprint density at radius 1 is 1.07 bits per heavy atom. The van der Waals surface area contributed by atoms with Crippen LogP contribution in [-0.2, 0) is 14.8 Å². The second-order valence-corrected chi connectivity index (χ2v) is 9.16. The van der Waals surface area contributed by atoms with Crippen molar-refractivity contribution in [3.05, 3.63) is 46.4 Å². The van der Waals surface area contributed by atoms with Crippen LogP contribution < -0.4 is 19.1 Å². The number of rotatable bonds is 7. The Balaban J connectivity index is 1.62. The molecule has 0 spiro atoms. The van der Waals surface area contributed by atoms with Crippen molar-refractivity contribution in [2.75, 3.05) is 35.6 Å². The van der Waals surface area contributed by atoms with Crippen molar-refractivity contribution in [2.45, 2.75) is 12.8 Å². The van der Waals surface area contributed by atoms with Crippen molar-refractivity contribution in [3.8, 4) is 11.5 Å². The maximum Gasteiger partial charge on any atom is 0.232 e. The van der Waals surface area contributed by atoms with E-state index < -0.39 is 10.0 Å². The normalized spacial score (nSPS) is 13.1. The number of carbonyl (C=O) groups excluding carboxylic acids is 1. The van der Waals surface area contributed by atoms with Gasteiger partial charge in [-0.2, -0.15) is 0 Å². The van der Waals surface area contributed by atoms with E-state index in [0.29, 0.717) is 52.6 Å². The Labute approximate surface area is 179 Å². The molecule has 156 valence electrons. The Hall–Kier alpha value is -2.16. The molecule has 1 aliphatic heterocycles. The Kier molecular flexibility index (Phi) is 6.77. The highest BCUT2D eigenvalue weighted by molar-refractivity contribution is 7.92. The summed E-state index contributed by atoms with van der Waals surface area (Å²) in [5.74, 6) is 0.827. The van der Waals surface area contributed by atoms with Crippen LogP contribution in [0.4, 0.5) is 11.4 Å². The number of nitrogens with zero attached hydrogens (tertiary/aromatic N) is 1. The Morgan fingerprint density at radius 2 is 1.79 bits per heavy atom. The van der Waals surface area contributed by atoms with Crippen LogP contribution in [0.1, 0.15) is 12.8 Å². The molecule has 3 rings (SSSR count). The largest absolute Gasteiger partial charge is 0.486 e. The number of fused-ring (bicyclic) bond motifs is 1. The van der Waals surface area contributed by atoms with Crippen LogP contribution in [-0.4, -0.2) is 40.3 Å². The van der Waals surface area contributed by atoms with E-state index in [1.54, 1.807) is 36.4 Å². The highest BCUT2D eigenvalue weighted by Crippen LogP contribution is 2.34. The predicted octanol–water partition coefficient (Wildman–Crippen LogP) is 3.95. The summed E-state index contributed by atoms with van der Waals surface area (Å²) in [4.78, 5) is 12.2. The summed E-state index contributed by atoms with van der Waals surface area (Å²) in [6.45, 7) is 1.01. The van der Waals surface area contributed by atoms with Gasteiger partial charge in [0.25, 0.3) is 0 Å². The molecule has 0 fully saturated rings. The van der Waals surface area contributed by atoms with Gasteiger partial charge >= 0.3 is 0 Å². The summed E-state index contributed by atoms with van der Waals surface area (Å²) in [7, 11) is -3.54. The van der Waals surface area contributed by atoms with E-state index in [1.807, 2.05) is 0 Å².